The van der Waals surface area contributed by atoms with Crippen LogP contribution in [0.4, 0.5) is 17.6 Å². The molecule has 0 aliphatic rings. The van der Waals surface area contributed by atoms with E-state index in [4.69, 9.17) is 5.73 Å². The first-order valence-corrected chi connectivity index (χ1v) is 4.39. The summed E-state index contributed by atoms with van der Waals surface area (Å²) in [5.74, 6) is -0.622. The lowest BCUT2D eigenvalue weighted by atomic mass is 10.1. The summed E-state index contributed by atoms with van der Waals surface area (Å²) >= 11 is 2.78. The van der Waals surface area contributed by atoms with Crippen molar-refractivity contribution in [2.24, 2.45) is 5.73 Å². The van der Waals surface area contributed by atoms with Crippen LogP contribution in [0.2, 0.25) is 0 Å². The molecule has 0 aliphatic heterocycles. The maximum atomic E-state index is 12.7. The zero-order valence-electron chi connectivity index (χ0n) is 6.78. The summed E-state index contributed by atoms with van der Waals surface area (Å²) in [5.41, 5.74) is 4.75. The lowest BCUT2D eigenvalue weighted by Crippen LogP contribution is -2.28. The van der Waals surface area contributed by atoms with E-state index in [1.807, 2.05) is 0 Å². The zero-order chi connectivity index (χ0) is 10.9. The highest BCUT2D eigenvalue weighted by Gasteiger charge is 2.37. The molecule has 6 heteroatoms. The van der Waals surface area contributed by atoms with Crippen molar-refractivity contribution < 1.29 is 17.6 Å². The normalized spacial score (nSPS) is 14.1. The van der Waals surface area contributed by atoms with Gasteiger partial charge in [-0.15, -0.1) is 0 Å². The molecule has 0 spiro atoms. The maximum absolute atomic E-state index is 12.7. The van der Waals surface area contributed by atoms with Gasteiger partial charge in [-0.3, -0.25) is 0 Å². The summed E-state index contributed by atoms with van der Waals surface area (Å²) in [6, 6.07) is 0.885. The molecule has 0 radical (unpaired) electrons. The number of hydrogen-bond donors (Lipinski definition) is 1. The maximum Gasteiger partial charge on any atom is 0.407 e. The third kappa shape index (κ3) is 2.45. The first kappa shape index (κ1) is 11.5. The van der Waals surface area contributed by atoms with Crippen LogP contribution in [0.15, 0.2) is 22.7 Å². The van der Waals surface area contributed by atoms with Gasteiger partial charge in [-0.2, -0.15) is 13.2 Å². The second-order valence-electron chi connectivity index (χ2n) is 2.69. The molecule has 0 fully saturated rings. The fourth-order valence-electron chi connectivity index (χ4n) is 0.895. The average molecular weight is 272 g/mol. The number of rotatable bonds is 1. The summed E-state index contributed by atoms with van der Waals surface area (Å²) in [6.45, 7) is 0. The zero-order valence-corrected chi connectivity index (χ0v) is 8.36. The Labute approximate surface area is 86.0 Å². The molecule has 14 heavy (non-hydrogen) atoms. The predicted molar refractivity (Wildman–Crippen MR) is 47.1 cm³/mol. The largest absolute Gasteiger partial charge is 0.407 e. The molecule has 0 unspecified atom stereocenters. The van der Waals surface area contributed by atoms with Gasteiger partial charge in [0.15, 0.2) is 0 Å². The van der Waals surface area contributed by atoms with Gasteiger partial charge in [0.25, 0.3) is 0 Å². The predicted octanol–water partition coefficient (Wildman–Crippen LogP) is 3.15. The Morgan fingerprint density at radius 1 is 1.29 bits per heavy atom. The Balaban J connectivity index is 3.03. The Hall–Kier alpha value is -0.620. The SMILES string of the molecule is N[C@H](c1ccc(F)c(Br)c1)C(F)(F)F. The Bertz CT molecular complexity index is 337. The molecule has 0 bridgehead atoms. The Kier molecular flexibility index (Phi) is 3.16. The highest BCUT2D eigenvalue weighted by atomic mass is 79.9. The van der Waals surface area contributed by atoms with Crippen LogP contribution in [-0.2, 0) is 0 Å². The average Bonchev–Trinajstić information content (AvgIpc) is 2.07. The fraction of sp³-hybridized carbons (Fsp3) is 0.250. The molecule has 0 saturated heterocycles. The molecule has 0 aromatic heterocycles. The Morgan fingerprint density at radius 2 is 1.86 bits per heavy atom. The molecular weight excluding hydrogens is 266 g/mol. The van der Waals surface area contributed by atoms with Gasteiger partial charge in [-0.1, -0.05) is 6.07 Å². The van der Waals surface area contributed by atoms with E-state index in [1.165, 1.54) is 0 Å². The molecule has 78 valence electrons. The van der Waals surface area contributed by atoms with E-state index in [1.54, 1.807) is 0 Å². The second kappa shape index (κ2) is 3.86. The number of hydrogen-bond acceptors (Lipinski definition) is 1. The third-order valence-electron chi connectivity index (χ3n) is 1.66. The van der Waals surface area contributed by atoms with E-state index in [2.05, 4.69) is 15.9 Å². The first-order valence-electron chi connectivity index (χ1n) is 3.59. The van der Waals surface area contributed by atoms with Crippen molar-refractivity contribution in [3.05, 3.63) is 34.1 Å². The fourth-order valence-corrected chi connectivity index (χ4v) is 1.29. The molecule has 1 atom stereocenters. The number of alkyl halides is 3. The van der Waals surface area contributed by atoms with Crippen LogP contribution >= 0.6 is 15.9 Å². The molecule has 0 amide bonds. The smallest absolute Gasteiger partial charge is 0.316 e. The van der Waals surface area contributed by atoms with E-state index < -0.39 is 18.0 Å². The molecule has 1 aromatic carbocycles. The van der Waals surface area contributed by atoms with E-state index in [0.717, 1.165) is 18.2 Å². The topological polar surface area (TPSA) is 26.0 Å². The van der Waals surface area contributed by atoms with Crippen LogP contribution in [0.1, 0.15) is 11.6 Å². The van der Waals surface area contributed by atoms with Gasteiger partial charge in [0, 0.05) is 0 Å². The standard InChI is InChI=1S/C8H6BrF4N/c9-5-3-4(1-2-6(5)10)7(14)8(11,12)13/h1-3,7H,14H2/t7-/m1/s1. The highest BCUT2D eigenvalue weighted by Crippen LogP contribution is 2.31. The summed E-state index contributed by atoms with van der Waals surface area (Å²) < 4.78 is 49.1. The minimum Gasteiger partial charge on any atom is -0.316 e. The van der Waals surface area contributed by atoms with Crippen LogP contribution in [-0.4, -0.2) is 6.18 Å². The van der Waals surface area contributed by atoms with Crippen LogP contribution < -0.4 is 5.73 Å². The second-order valence-corrected chi connectivity index (χ2v) is 3.55. The van der Waals surface area contributed by atoms with Crippen molar-refractivity contribution in [2.75, 3.05) is 0 Å². The van der Waals surface area contributed by atoms with Gasteiger partial charge in [0.1, 0.15) is 11.9 Å². The summed E-state index contributed by atoms with van der Waals surface area (Å²) in [6.07, 6.45) is -4.52. The molecule has 0 aliphatic carbocycles. The van der Waals surface area contributed by atoms with Crippen LogP contribution in [0, 0.1) is 5.82 Å². The number of nitrogens with two attached hydrogens (primary N) is 1. The van der Waals surface area contributed by atoms with Gasteiger partial charge in [0.2, 0.25) is 0 Å². The van der Waals surface area contributed by atoms with Crippen LogP contribution in [0.25, 0.3) is 0 Å². The monoisotopic (exact) mass is 271 g/mol. The summed E-state index contributed by atoms with van der Waals surface area (Å²) in [4.78, 5) is 0. The van der Waals surface area contributed by atoms with Crippen LogP contribution in [0.3, 0.4) is 0 Å². The van der Waals surface area contributed by atoms with Gasteiger partial charge in [-0.25, -0.2) is 4.39 Å². The van der Waals surface area contributed by atoms with Crippen molar-refractivity contribution in [3.8, 4) is 0 Å². The van der Waals surface area contributed by atoms with E-state index in [0.29, 0.717) is 0 Å². The number of halogens is 5. The minimum atomic E-state index is -4.52. The van der Waals surface area contributed by atoms with Gasteiger partial charge < -0.3 is 5.73 Å². The van der Waals surface area contributed by atoms with Gasteiger partial charge in [0.05, 0.1) is 4.47 Å². The lowest BCUT2D eigenvalue weighted by molar-refractivity contribution is -0.149. The van der Waals surface area contributed by atoms with E-state index >= 15 is 0 Å². The minimum absolute atomic E-state index is 0.0327. The van der Waals surface area contributed by atoms with Crippen molar-refractivity contribution >= 4 is 15.9 Å². The van der Waals surface area contributed by atoms with E-state index in [9.17, 15) is 17.6 Å². The summed E-state index contributed by atoms with van der Waals surface area (Å²) in [7, 11) is 0. The molecule has 1 nitrogen and oxygen atoms in total. The molecule has 0 heterocycles. The van der Waals surface area contributed by atoms with Gasteiger partial charge in [-0.05, 0) is 33.6 Å². The molecule has 1 aromatic rings. The highest BCUT2D eigenvalue weighted by molar-refractivity contribution is 9.10. The van der Waals surface area contributed by atoms with Crippen LogP contribution in [0.5, 0.6) is 0 Å². The van der Waals surface area contributed by atoms with Gasteiger partial charge >= 0.3 is 6.18 Å². The van der Waals surface area contributed by atoms with Crippen molar-refractivity contribution in [1.82, 2.24) is 0 Å². The molecule has 2 N–H and O–H groups in total. The quantitative estimate of drug-likeness (QED) is 0.781. The Morgan fingerprint density at radius 3 is 2.29 bits per heavy atom. The lowest BCUT2D eigenvalue weighted by Gasteiger charge is -2.15. The van der Waals surface area contributed by atoms with E-state index in [-0.39, 0.29) is 10.0 Å². The third-order valence-corrected chi connectivity index (χ3v) is 2.26. The van der Waals surface area contributed by atoms with Crippen molar-refractivity contribution in [3.63, 3.8) is 0 Å². The molecular formula is C8H6BrF4N. The molecule has 0 saturated carbocycles. The van der Waals surface area contributed by atoms with Crippen molar-refractivity contribution in [2.45, 2.75) is 12.2 Å². The molecule has 1 rings (SSSR count). The first-order chi connectivity index (χ1) is 6.32. The summed E-state index contributed by atoms with van der Waals surface area (Å²) in [5, 5.41) is 0. The van der Waals surface area contributed by atoms with Crippen molar-refractivity contribution in [1.29, 1.82) is 0 Å². The number of benzene rings is 1.